The van der Waals surface area contributed by atoms with Gasteiger partial charge in [-0.1, -0.05) is 6.58 Å². The highest BCUT2D eigenvalue weighted by molar-refractivity contribution is 6.06. The Balaban J connectivity index is 1.92. The zero-order valence-corrected chi connectivity index (χ0v) is 16.3. The Kier molecular flexibility index (Phi) is 6.52. The van der Waals surface area contributed by atoms with E-state index in [4.69, 9.17) is 4.74 Å². The summed E-state index contributed by atoms with van der Waals surface area (Å²) in [5.74, 6) is -1.84. The first-order valence-electron chi connectivity index (χ1n) is 9.98. The Morgan fingerprint density at radius 3 is 1.76 bits per heavy atom. The third-order valence-corrected chi connectivity index (χ3v) is 5.57. The molecule has 3 rings (SSSR count). The number of ether oxygens (including phenoxy) is 1. The molecule has 0 spiro atoms. The van der Waals surface area contributed by atoms with Crippen LogP contribution in [0.1, 0.15) is 72.1 Å². The smallest absolute Gasteiger partial charge is 0.335 e. The van der Waals surface area contributed by atoms with E-state index < -0.39 is 17.8 Å². The fraction of sp³-hybridized carbons (Fsp3) is 0.435. The van der Waals surface area contributed by atoms with Crippen LogP contribution < -0.4 is 4.74 Å². The van der Waals surface area contributed by atoms with Gasteiger partial charge in [0.2, 0.25) is 0 Å². The van der Waals surface area contributed by atoms with Gasteiger partial charge in [0.25, 0.3) is 0 Å². The first-order chi connectivity index (χ1) is 13.9. The van der Waals surface area contributed by atoms with Gasteiger partial charge in [0.05, 0.1) is 0 Å². The summed E-state index contributed by atoms with van der Waals surface area (Å²) in [5, 5.41) is 0. The molecule has 29 heavy (non-hydrogen) atoms. The Bertz CT molecular complexity index is 823. The number of hydrogen-bond acceptors (Lipinski definition) is 6. The molecule has 0 bridgehead atoms. The van der Waals surface area contributed by atoms with Crippen LogP contribution in [-0.4, -0.2) is 29.1 Å². The van der Waals surface area contributed by atoms with Crippen molar-refractivity contribution < 1.29 is 28.7 Å². The van der Waals surface area contributed by atoms with Gasteiger partial charge in [-0.15, -0.1) is 0 Å². The number of Topliss-reactive ketones (excluding diaryl/α,β-unsaturated/α-hetero) is 4. The van der Waals surface area contributed by atoms with Crippen molar-refractivity contribution in [2.45, 2.75) is 51.4 Å². The Morgan fingerprint density at radius 2 is 1.34 bits per heavy atom. The summed E-state index contributed by atoms with van der Waals surface area (Å²) in [6.07, 6.45) is 4.90. The topological polar surface area (TPSA) is 94.6 Å². The predicted octanol–water partition coefficient (Wildman–Crippen LogP) is 3.66. The molecule has 2 unspecified atom stereocenters. The Morgan fingerprint density at radius 1 is 0.862 bits per heavy atom. The molecule has 0 N–H and O–H groups in total. The minimum absolute atomic E-state index is 0.0563. The molecule has 0 saturated heterocycles. The maximum absolute atomic E-state index is 13.0. The third-order valence-electron chi connectivity index (χ3n) is 5.57. The molecule has 0 amide bonds. The molecule has 0 aliphatic heterocycles. The van der Waals surface area contributed by atoms with Gasteiger partial charge < -0.3 is 4.74 Å². The van der Waals surface area contributed by atoms with Crippen molar-refractivity contribution in [3.63, 3.8) is 0 Å². The van der Waals surface area contributed by atoms with Gasteiger partial charge in [-0.3, -0.25) is 19.2 Å². The molecule has 2 atom stereocenters. The van der Waals surface area contributed by atoms with Crippen molar-refractivity contribution in [2.24, 2.45) is 11.8 Å². The van der Waals surface area contributed by atoms with E-state index in [2.05, 4.69) is 6.58 Å². The first kappa shape index (κ1) is 20.8. The first-order valence-corrected chi connectivity index (χ1v) is 9.98. The number of hydrogen-bond donors (Lipinski definition) is 0. The van der Waals surface area contributed by atoms with E-state index in [0.29, 0.717) is 38.5 Å². The van der Waals surface area contributed by atoms with E-state index in [0.717, 1.165) is 6.08 Å². The van der Waals surface area contributed by atoms with Crippen LogP contribution in [0.3, 0.4) is 0 Å². The lowest BCUT2D eigenvalue weighted by atomic mass is 9.81. The minimum atomic E-state index is -0.700. The maximum atomic E-state index is 13.0. The van der Waals surface area contributed by atoms with E-state index in [1.54, 1.807) is 0 Å². The molecule has 0 radical (unpaired) electrons. The Labute approximate surface area is 169 Å². The zero-order valence-electron chi connectivity index (χ0n) is 16.3. The van der Waals surface area contributed by atoms with Crippen LogP contribution in [0.5, 0.6) is 5.75 Å². The van der Waals surface area contributed by atoms with Crippen LogP contribution in [0.25, 0.3) is 0 Å². The van der Waals surface area contributed by atoms with Gasteiger partial charge >= 0.3 is 5.97 Å². The molecular formula is C23H24O6. The van der Waals surface area contributed by atoms with Crippen LogP contribution in [0.4, 0.5) is 0 Å². The largest absolute Gasteiger partial charge is 0.423 e. The fourth-order valence-corrected chi connectivity index (χ4v) is 4.07. The summed E-state index contributed by atoms with van der Waals surface area (Å²) >= 11 is 0. The monoisotopic (exact) mass is 396 g/mol. The second kappa shape index (κ2) is 9.07. The van der Waals surface area contributed by atoms with Crippen LogP contribution in [-0.2, 0) is 14.4 Å². The van der Waals surface area contributed by atoms with E-state index in [1.807, 2.05) is 0 Å². The quantitative estimate of drug-likeness (QED) is 0.315. The molecule has 2 aliphatic rings. The molecule has 0 heterocycles. The van der Waals surface area contributed by atoms with Crippen molar-refractivity contribution in [3.05, 3.63) is 42.0 Å². The lowest BCUT2D eigenvalue weighted by molar-refractivity contribution is -0.129. The molecule has 6 nitrogen and oxygen atoms in total. The van der Waals surface area contributed by atoms with Crippen molar-refractivity contribution >= 4 is 29.1 Å². The van der Waals surface area contributed by atoms with Crippen molar-refractivity contribution in [1.29, 1.82) is 0 Å². The van der Waals surface area contributed by atoms with Crippen LogP contribution in [0.15, 0.2) is 30.9 Å². The van der Waals surface area contributed by atoms with Gasteiger partial charge in [-0.25, -0.2) is 4.79 Å². The predicted molar refractivity (Wildman–Crippen MR) is 105 cm³/mol. The highest BCUT2D eigenvalue weighted by Gasteiger charge is 2.30. The SMILES string of the molecule is C=CC(=O)Oc1cc(C(=O)C2CCCC(=O)C2)cc(C(=O)C2CCCC(=O)C2)c1. The molecule has 152 valence electrons. The number of benzene rings is 1. The highest BCUT2D eigenvalue weighted by atomic mass is 16.5. The number of carbonyl (C=O) groups is 5. The second-order valence-corrected chi connectivity index (χ2v) is 7.76. The molecular weight excluding hydrogens is 372 g/mol. The third kappa shape index (κ3) is 5.13. The summed E-state index contributed by atoms with van der Waals surface area (Å²) in [6, 6.07) is 4.34. The van der Waals surface area contributed by atoms with Crippen molar-refractivity contribution in [3.8, 4) is 5.75 Å². The minimum Gasteiger partial charge on any atom is -0.423 e. The maximum Gasteiger partial charge on any atom is 0.335 e. The molecule has 6 heteroatoms. The number of ketones is 4. The average molecular weight is 396 g/mol. The van der Waals surface area contributed by atoms with Crippen LogP contribution in [0, 0.1) is 11.8 Å². The summed E-state index contributed by atoms with van der Waals surface area (Å²) in [5.41, 5.74) is 0.481. The van der Waals surface area contributed by atoms with Gasteiger partial charge in [0.15, 0.2) is 11.6 Å². The van der Waals surface area contributed by atoms with Gasteiger partial charge in [-0.05, 0) is 43.9 Å². The lowest BCUT2D eigenvalue weighted by Gasteiger charge is -2.22. The van der Waals surface area contributed by atoms with E-state index in [9.17, 15) is 24.0 Å². The fourth-order valence-electron chi connectivity index (χ4n) is 4.07. The van der Waals surface area contributed by atoms with Crippen LogP contribution in [0.2, 0.25) is 0 Å². The van der Waals surface area contributed by atoms with Crippen LogP contribution >= 0.6 is 0 Å². The second-order valence-electron chi connectivity index (χ2n) is 7.76. The van der Waals surface area contributed by atoms with Gasteiger partial charge in [0, 0.05) is 54.7 Å². The highest BCUT2D eigenvalue weighted by Crippen LogP contribution is 2.30. The molecule has 2 saturated carbocycles. The standard InChI is InChI=1S/C23H24O6/c1-2-21(26)29-20-12-16(22(27)14-5-3-7-18(24)10-14)9-17(13-20)23(28)15-6-4-8-19(25)11-15/h2,9,12-15H,1,3-8,10-11H2. The van der Waals surface area contributed by atoms with Crippen molar-refractivity contribution in [1.82, 2.24) is 0 Å². The molecule has 2 aliphatic carbocycles. The summed E-state index contributed by atoms with van der Waals surface area (Å²) in [6.45, 7) is 3.35. The van der Waals surface area contributed by atoms with Gasteiger partial charge in [0.1, 0.15) is 17.3 Å². The average Bonchev–Trinajstić information content (AvgIpc) is 2.72. The molecule has 1 aromatic carbocycles. The number of carbonyl (C=O) groups excluding carboxylic acids is 5. The van der Waals surface area contributed by atoms with Gasteiger partial charge in [-0.2, -0.15) is 0 Å². The lowest BCUT2D eigenvalue weighted by Crippen LogP contribution is -2.25. The Hall–Kier alpha value is -2.89. The molecule has 2 fully saturated rings. The normalized spacial score (nSPS) is 22.1. The summed E-state index contributed by atoms with van der Waals surface area (Å²) in [4.78, 5) is 61.1. The number of rotatable bonds is 6. The molecule has 1 aromatic rings. The van der Waals surface area contributed by atoms with E-state index >= 15 is 0 Å². The number of esters is 1. The van der Waals surface area contributed by atoms with Crippen molar-refractivity contribution in [2.75, 3.05) is 0 Å². The summed E-state index contributed by atoms with van der Waals surface area (Å²) in [7, 11) is 0. The summed E-state index contributed by atoms with van der Waals surface area (Å²) < 4.78 is 5.17. The van der Waals surface area contributed by atoms with E-state index in [1.165, 1.54) is 18.2 Å². The molecule has 0 aromatic heterocycles. The van der Waals surface area contributed by atoms with E-state index in [-0.39, 0.29) is 52.9 Å². The zero-order chi connectivity index (χ0) is 21.0.